The number of carbonyl (C=O) groups is 1. The summed E-state index contributed by atoms with van der Waals surface area (Å²) in [6.07, 6.45) is 2.71. The van der Waals surface area contributed by atoms with Crippen LogP contribution in [0.15, 0.2) is 47.1 Å². The molecule has 0 fully saturated rings. The molecule has 0 saturated carbocycles. The largest absolute Gasteiger partial charge is 0.493 e. The summed E-state index contributed by atoms with van der Waals surface area (Å²) >= 11 is 0. The van der Waals surface area contributed by atoms with Crippen LogP contribution in [0, 0.1) is 0 Å². The van der Waals surface area contributed by atoms with Crippen LogP contribution >= 0.6 is 0 Å². The van der Waals surface area contributed by atoms with E-state index >= 15 is 0 Å². The highest BCUT2D eigenvalue weighted by Crippen LogP contribution is 2.35. The number of benzene rings is 1. The average Bonchev–Trinajstić information content (AvgIpc) is 3.09. The Bertz CT molecular complexity index is 663. The van der Waals surface area contributed by atoms with Crippen molar-refractivity contribution in [3.8, 4) is 5.75 Å². The van der Waals surface area contributed by atoms with Gasteiger partial charge in [-0.3, -0.25) is 4.79 Å². The fraction of sp³-hybridized carbons (Fsp3) is 0.389. The predicted molar refractivity (Wildman–Crippen MR) is 85.2 cm³/mol. The fourth-order valence-corrected chi connectivity index (χ4v) is 2.87. The lowest BCUT2D eigenvalue weighted by molar-refractivity contribution is -0.123. The van der Waals surface area contributed by atoms with Crippen molar-refractivity contribution < 1.29 is 19.1 Å². The standard InChI is InChI=1S/C18H21NO4/c1-18(21,16-7-4-9-23-16)12-19-17(20)11-13-8-10-22-15-6-3-2-5-14(13)15/h2-7,9,13,21H,8,10-12H2,1H3,(H,19,20). The maximum absolute atomic E-state index is 12.2. The van der Waals surface area contributed by atoms with Gasteiger partial charge in [0, 0.05) is 6.42 Å². The molecule has 2 aromatic rings. The first-order chi connectivity index (χ1) is 11.1. The van der Waals surface area contributed by atoms with Crippen molar-refractivity contribution in [2.75, 3.05) is 13.2 Å². The van der Waals surface area contributed by atoms with E-state index in [1.54, 1.807) is 19.1 Å². The number of ether oxygens (including phenoxy) is 1. The van der Waals surface area contributed by atoms with E-state index in [0.717, 1.165) is 17.7 Å². The van der Waals surface area contributed by atoms with Gasteiger partial charge < -0.3 is 19.6 Å². The number of amides is 1. The van der Waals surface area contributed by atoms with Gasteiger partial charge in [0.1, 0.15) is 17.1 Å². The van der Waals surface area contributed by atoms with E-state index in [2.05, 4.69) is 5.32 Å². The quantitative estimate of drug-likeness (QED) is 0.889. The molecule has 5 heteroatoms. The van der Waals surface area contributed by atoms with Crippen LogP contribution in [0.1, 0.15) is 37.0 Å². The monoisotopic (exact) mass is 315 g/mol. The number of carbonyl (C=O) groups excluding carboxylic acids is 1. The van der Waals surface area contributed by atoms with Gasteiger partial charge in [-0.1, -0.05) is 18.2 Å². The van der Waals surface area contributed by atoms with Gasteiger partial charge in [-0.05, 0) is 43.0 Å². The summed E-state index contributed by atoms with van der Waals surface area (Å²) < 4.78 is 10.8. The summed E-state index contributed by atoms with van der Waals surface area (Å²) in [5, 5.41) is 13.2. The minimum Gasteiger partial charge on any atom is -0.493 e. The van der Waals surface area contributed by atoms with E-state index in [9.17, 15) is 9.90 Å². The topological polar surface area (TPSA) is 71.7 Å². The van der Waals surface area contributed by atoms with E-state index in [1.165, 1.54) is 6.26 Å². The molecule has 1 aliphatic heterocycles. The van der Waals surface area contributed by atoms with Crippen molar-refractivity contribution in [2.24, 2.45) is 0 Å². The number of nitrogens with one attached hydrogen (secondary N) is 1. The first-order valence-corrected chi connectivity index (χ1v) is 7.81. The van der Waals surface area contributed by atoms with Crippen LogP contribution in [0.5, 0.6) is 5.75 Å². The van der Waals surface area contributed by atoms with Gasteiger partial charge in [0.25, 0.3) is 0 Å². The molecule has 23 heavy (non-hydrogen) atoms. The van der Waals surface area contributed by atoms with Crippen LogP contribution in [-0.4, -0.2) is 24.2 Å². The van der Waals surface area contributed by atoms with E-state index in [1.807, 2.05) is 24.3 Å². The maximum Gasteiger partial charge on any atom is 0.220 e. The lowest BCUT2D eigenvalue weighted by Crippen LogP contribution is -2.39. The minimum absolute atomic E-state index is 0.0847. The molecule has 1 aromatic carbocycles. The zero-order chi connectivity index (χ0) is 16.3. The van der Waals surface area contributed by atoms with Crippen LogP contribution < -0.4 is 10.1 Å². The Hall–Kier alpha value is -2.27. The van der Waals surface area contributed by atoms with Gasteiger partial charge in [0.05, 0.1) is 19.4 Å². The van der Waals surface area contributed by atoms with E-state index in [0.29, 0.717) is 18.8 Å². The third-order valence-electron chi connectivity index (χ3n) is 4.20. The van der Waals surface area contributed by atoms with Crippen molar-refractivity contribution >= 4 is 5.91 Å². The van der Waals surface area contributed by atoms with Gasteiger partial charge >= 0.3 is 0 Å². The third-order valence-corrected chi connectivity index (χ3v) is 4.20. The van der Waals surface area contributed by atoms with Crippen LogP contribution in [0.25, 0.3) is 0 Å². The molecule has 2 unspecified atom stereocenters. The Balaban J connectivity index is 1.58. The molecule has 2 N–H and O–H groups in total. The predicted octanol–water partition coefficient (Wildman–Crippen LogP) is 2.56. The second kappa shape index (κ2) is 6.46. The van der Waals surface area contributed by atoms with Gasteiger partial charge in [-0.25, -0.2) is 0 Å². The number of aliphatic hydroxyl groups is 1. The summed E-state index contributed by atoms with van der Waals surface area (Å²) in [5.41, 5.74) is -0.140. The van der Waals surface area contributed by atoms with E-state index in [4.69, 9.17) is 9.15 Å². The molecule has 2 heterocycles. The number of hydrogen-bond donors (Lipinski definition) is 2. The molecule has 2 atom stereocenters. The van der Waals surface area contributed by atoms with Crippen molar-refractivity contribution in [1.29, 1.82) is 0 Å². The van der Waals surface area contributed by atoms with E-state index in [-0.39, 0.29) is 18.4 Å². The number of para-hydroxylation sites is 1. The SMILES string of the molecule is CC(O)(CNC(=O)CC1CCOc2ccccc21)c1ccco1. The highest BCUT2D eigenvalue weighted by molar-refractivity contribution is 5.77. The second-order valence-electron chi connectivity index (χ2n) is 6.10. The normalized spacial score (nSPS) is 19.3. The highest BCUT2D eigenvalue weighted by atomic mass is 16.5. The number of fused-ring (bicyclic) bond motifs is 1. The zero-order valence-electron chi connectivity index (χ0n) is 13.1. The summed E-state index contributed by atoms with van der Waals surface area (Å²) in [6, 6.07) is 11.2. The molecule has 1 aromatic heterocycles. The molecule has 0 bridgehead atoms. The molecule has 1 amide bonds. The van der Waals surface area contributed by atoms with Gasteiger partial charge in [-0.15, -0.1) is 0 Å². The number of furan rings is 1. The van der Waals surface area contributed by atoms with Crippen molar-refractivity contribution in [1.82, 2.24) is 5.32 Å². The maximum atomic E-state index is 12.2. The Morgan fingerprint density at radius 2 is 2.17 bits per heavy atom. The first kappa shape index (κ1) is 15.6. The lowest BCUT2D eigenvalue weighted by atomic mass is 9.90. The van der Waals surface area contributed by atoms with Crippen molar-refractivity contribution in [3.05, 3.63) is 54.0 Å². The summed E-state index contributed by atoms with van der Waals surface area (Å²) in [5.74, 6) is 1.36. The molecule has 5 nitrogen and oxygen atoms in total. The average molecular weight is 315 g/mol. The first-order valence-electron chi connectivity index (χ1n) is 7.81. The second-order valence-corrected chi connectivity index (χ2v) is 6.10. The molecular weight excluding hydrogens is 294 g/mol. The summed E-state index contributed by atoms with van der Waals surface area (Å²) in [4.78, 5) is 12.2. The van der Waals surface area contributed by atoms with Gasteiger partial charge in [0.15, 0.2) is 0 Å². The van der Waals surface area contributed by atoms with Gasteiger partial charge in [-0.2, -0.15) is 0 Å². The minimum atomic E-state index is -1.22. The van der Waals surface area contributed by atoms with Crippen molar-refractivity contribution in [2.45, 2.75) is 31.3 Å². The van der Waals surface area contributed by atoms with Crippen molar-refractivity contribution in [3.63, 3.8) is 0 Å². The molecule has 0 spiro atoms. The molecular formula is C18H21NO4. The Kier molecular flexibility index (Phi) is 4.39. The third kappa shape index (κ3) is 3.56. The molecule has 3 rings (SSSR count). The fourth-order valence-electron chi connectivity index (χ4n) is 2.87. The van der Waals surface area contributed by atoms with Gasteiger partial charge in [0.2, 0.25) is 5.91 Å². The highest BCUT2D eigenvalue weighted by Gasteiger charge is 2.28. The lowest BCUT2D eigenvalue weighted by Gasteiger charge is -2.26. The Labute approximate surface area is 135 Å². The molecule has 0 radical (unpaired) electrons. The summed E-state index contributed by atoms with van der Waals surface area (Å²) in [6.45, 7) is 2.36. The summed E-state index contributed by atoms with van der Waals surface area (Å²) in [7, 11) is 0. The molecule has 0 saturated heterocycles. The molecule has 0 aliphatic carbocycles. The van der Waals surface area contributed by atoms with Crippen LogP contribution in [0.2, 0.25) is 0 Å². The Morgan fingerprint density at radius 1 is 1.35 bits per heavy atom. The Morgan fingerprint density at radius 3 is 2.96 bits per heavy atom. The number of hydrogen-bond acceptors (Lipinski definition) is 4. The van der Waals surface area contributed by atoms with Crippen LogP contribution in [0.4, 0.5) is 0 Å². The smallest absolute Gasteiger partial charge is 0.220 e. The van der Waals surface area contributed by atoms with Crippen LogP contribution in [0.3, 0.4) is 0 Å². The zero-order valence-corrected chi connectivity index (χ0v) is 13.1. The van der Waals surface area contributed by atoms with Crippen LogP contribution in [-0.2, 0) is 10.4 Å². The van der Waals surface area contributed by atoms with E-state index < -0.39 is 5.60 Å². The molecule has 122 valence electrons. The number of rotatable bonds is 5. The molecule has 1 aliphatic rings.